The molecule has 0 amide bonds. The number of rotatable bonds is 3. The van der Waals surface area contributed by atoms with E-state index < -0.39 is 0 Å². The molecule has 17 heavy (non-hydrogen) atoms. The molecule has 2 aromatic rings. The lowest BCUT2D eigenvalue weighted by Crippen LogP contribution is -2.19. The molecule has 0 aliphatic rings. The van der Waals surface area contributed by atoms with Gasteiger partial charge >= 0.3 is 0 Å². The second kappa shape index (κ2) is 4.67. The van der Waals surface area contributed by atoms with Crippen molar-refractivity contribution in [2.75, 3.05) is 7.05 Å². The van der Waals surface area contributed by atoms with E-state index in [0.717, 1.165) is 0 Å². The zero-order valence-electron chi connectivity index (χ0n) is 10.7. The molecule has 0 saturated heterocycles. The van der Waals surface area contributed by atoms with Crippen molar-refractivity contribution in [3.63, 3.8) is 0 Å². The maximum absolute atomic E-state index is 4.30. The maximum Gasteiger partial charge on any atom is 0.0626 e. The zero-order chi connectivity index (χ0) is 12.4. The molecule has 1 atom stereocenters. The van der Waals surface area contributed by atoms with Gasteiger partial charge < -0.3 is 5.32 Å². The lowest BCUT2D eigenvalue weighted by molar-refractivity contribution is 0.673. The van der Waals surface area contributed by atoms with Gasteiger partial charge in [0.15, 0.2) is 0 Å². The van der Waals surface area contributed by atoms with Crippen molar-refractivity contribution in [1.29, 1.82) is 0 Å². The second-order valence-electron chi connectivity index (χ2n) is 4.26. The minimum absolute atomic E-state index is 0.150. The van der Waals surface area contributed by atoms with Gasteiger partial charge in [-0.3, -0.25) is 9.67 Å². The molecule has 0 saturated carbocycles. The lowest BCUT2D eigenvalue weighted by atomic mass is 9.97. The van der Waals surface area contributed by atoms with Crippen LogP contribution in [-0.4, -0.2) is 21.8 Å². The van der Waals surface area contributed by atoms with Gasteiger partial charge in [0.25, 0.3) is 0 Å². The minimum Gasteiger partial charge on any atom is -0.309 e. The van der Waals surface area contributed by atoms with Gasteiger partial charge in [0.1, 0.15) is 0 Å². The summed E-state index contributed by atoms with van der Waals surface area (Å²) in [6, 6.07) is 2.18. The van der Waals surface area contributed by atoms with Crippen LogP contribution in [0.5, 0.6) is 0 Å². The molecule has 0 bridgehead atoms. The first-order valence-electron chi connectivity index (χ1n) is 5.71. The van der Waals surface area contributed by atoms with Crippen LogP contribution in [0, 0.1) is 13.8 Å². The normalized spacial score (nSPS) is 12.7. The van der Waals surface area contributed by atoms with Gasteiger partial charge in [0.2, 0.25) is 0 Å². The Morgan fingerprint density at radius 2 is 2.00 bits per heavy atom. The summed E-state index contributed by atoms with van der Waals surface area (Å²) in [5.41, 5.74) is 4.81. The third-order valence-corrected chi connectivity index (χ3v) is 3.26. The average Bonchev–Trinajstić information content (AvgIpc) is 2.65. The highest BCUT2D eigenvalue weighted by molar-refractivity contribution is 5.35. The Balaban J connectivity index is 2.48. The first-order chi connectivity index (χ1) is 8.15. The quantitative estimate of drug-likeness (QED) is 0.873. The van der Waals surface area contributed by atoms with Gasteiger partial charge in [0, 0.05) is 30.7 Å². The molecule has 4 heteroatoms. The number of nitrogens with one attached hydrogen (secondary N) is 1. The van der Waals surface area contributed by atoms with Gasteiger partial charge in [-0.25, -0.2) is 0 Å². The van der Waals surface area contributed by atoms with E-state index in [1.165, 1.54) is 22.4 Å². The number of aryl methyl sites for hydroxylation is 2. The molecule has 0 aliphatic carbocycles. The predicted octanol–water partition coefficient (Wildman–Crippen LogP) is 1.74. The number of pyridine rings is 1. The van der Waals surface area contributed by atoms with Crippen LogP contribution in [0.1, 0.15) is 28.4 Å². The molecule has 1 N–H and O–H groups in total. The molecule has 1 unspecified atom stereocenters. The summed E-state index contributed by atoms with van der Waals surface area (Å²) in [6.45, 7) is 4.19. The van der Waals surface area contributed by atoms with Crippen LogP contribution in [0.4, 0.5) is 0 Å². The van der Waals surface area contributed by atoms with Crippen molar-refractivity contribution in [3.05, 3.63) is 47.0 Å². The van der Waals surface area contributed by atoms with Crippen molar-refractivity contribution in [2.45, 2.75) is 19.9 Å². The number of hydrogen-bond acceptors (Lipinski definition) is 3. The Labute approximate surface area is 102 Å². The summed E-state index contributed by atoms with van der Waals surface area (Å²) in [4.78, 5) is 4.21. The molecule has 2 heterocycles. The largest absolute Gasteiger partial charge is 0.309 e. The fraction of sp³-hybridized carbons (Fsp3) is 0.385. The minimum atomic E-state index is 0.150. The first-order valence-corrected chi connectivity index (χ1v) is 5.71. The molecule has 0 radical (unpaired) electrons. The molecule has 4 nitrogen and oxygen atoms in total. The lowest BCUT2D eigenvalue weighted by Gasteiger charge is -2.18. The zero-order valence-corrected chi connectivity index (χ0v) is 10.7. The van der Waals surface area contributed by atoms with E-state index in [1.807, 2.05) is 43.4 Å². The molecular formula is C13H18N4. The van der Waals surface area contributed by atoms with Crippen LogP contribution in [0.2, 0.25) is 0 Å². The van der Waals surface area contributed by atoms with Crippen molar-refractivity contribution < 1.29 is 0 Å². The third-order valence-electron chi connectivity index (χ3n) is 3.26. The van der Waals surface area contributed by atoms with Gasteiger partial charge in [0.05, 0.1) is 12.2 Å². The van der Waals surface area contributed by atoms with E-state index in [9.17, 15) is 0 Å². The molecule has 2 aromatic heterocycles. The number of nitrogens with zero attached hydrogens (tertiary/aromatic N) is 3. The smallest absolute Gasteiger partial charge is 0.0626 e. The number of aromatic nitrogens is 3. The Bertz CT molecular complexity index is 516. The standard InChI is InChI=1S/C13H18N4/c1-9-5-6-15-7-11(9)13(14-3)12-8-16-17(4)10(12)2/h5-8,13-14H,1-4H3. The van der Waals surface area contributed by atoms with Crippen LogP contribution < -0.4 is 5.32 Å². The number of hydrogen-bond donors (Lipinski definition) is 1. The van der Waals surface area contributed by atoms with Gasteiger partial charge in [-0.05, 0) is 38.1 Å². The monoisotopic (exact) mass is 230 g/mol. The topological polar surface area (TPSA) is 42.7 Å². The van der Waals surface area contributed by atoms with Crippen LogP contribution in [0.3, 0.4) is 0 Å². The maximum atomic E-state index is 4.30. The van der Waals surface area contributed by atoms with E-state index in [1.54, 1.807) is 0 Å². The van der Waals surface area contributed by atoms with Crippen LogP contribution in [0.15, 0.2) is 24.7 Å². The molecule has 90 valence electrons. The predicted molar refractivity (Wildman–Crippen MR) is 67.8 cm³/mol. The highest BCUT2D eigenvalue weighted by atomic mass is 15.3. The fourth-order valence-electron chi connectivity index (χ4n) is 2.06. The summed E-state index contributed by atoms with van der Waals surface area (Å²) in [6.07, 6.45) is 5.66. The highest BCUT2D eigenvalue weighted by Gasteiger charge is 2.18. The van der Waals surface area contributed by atoms with Crippen molar-refractivity contribution in [2.24, 2.45) is 7.05 Å². The van der Waals surface area contributed by atoms with Crippen LogP contribution >= 0.6 is 0 Å². The summed E-state index contributed by atoms with van der Waals surface area (Å²) >= 11 is 0. The Morgan fingerprint density at radius 3 is 2.53 bits per heavy atom. The van der Waals surface area contributed by atoms with E-state index in [2.05, 4.69) is 29.2 Å². The van der Waals surface area contributed by atoms with E-state index >= 15 is 0 Å². The Hall–Kier alpha value is -1.68. The highest BCUT2D eigenvalue weighted by Crippen LogP contribution is 2.25. The summed E-state index contributed by atoms with van der Waals surface area (Å²) < 4.78 is 1.89. The van der Waals surface area contributed by atoms with Crippen LogP contribution in [0.25, 0.3) is 0 Å². The SMILES string of the molecule is CNC(c1cnccc1C)c1cnn(C)c1C. The Morgan fingerprint density at radius 1 is 1.24 bits per heavy atom. The molecule has 0 fully saturated rings. The van der Waals surface area contributed by atoms with E-state index in [0.29, 0.717) is 0 Å². The third kappa shape index (κ3) is 2.08. The second-order valence-corrected chi connectivity index (χ2v) is 4.26. The molecule has 0 spiro atoms. The molecule has 0 aromatic carbocycles. The van der Waals surface area contributed by atoms with Gasteiger partial charge in [-0.2, -0.15) is 5.10 Å². The summed E-state index contributed by atoms with van der Waals surface area (Å²) in [7, 11) is 3.92. The summed E-state index contributed by atoms with van der Waals surface area (Å²) in [5, 5.41) is 7.63. The molecular weight excluding hydrogens is 212 g/mol. The molecule has 2 rings (SSSR count). The van der Waals surface area contributed by atoms with E-state index in [-0.39, 0.29) is 6.04 Å². The van der Waals surface area contributed by atoms with E-state index in [4.69, 9.17) is 0 Å². The van der Waals surface area contributed by atoms with Gasteiger partial charge in [-0.1, -0.05) is 0 Å². The fourth-order valence-corrected chi connectivity index (χ4v) is 2.06. The average molecular weight is 230 g/mol. The first kappa shape index (κ1) is 11.8. The van der Waals surface area contributed by atoms with Crippen molar-refractivity contribution in [1.82, 2.24) is 20.1 Å². The van der Waals surface area contributed by atoms with Crippen molar-refractivity contribution in [3.8, 4) is 0 Å². The molecule has 0 aliphatic heterocycles. The Kier molecular flexibility index (Phi) is 3.24. The van der Waals surface area contributed by atoms with Gasteiger partial charge in [-0.15, -0.1) is 0 Å². The van der Waals surface area contributed by atoms with Crippen LogP contribution in [-0.2, 0) is 7.05 Å². The summed E-state index contributed by atoms with van der Waals surface area (Å²) in [5.74, 6) is 0. The van der Waals surface area contributed by atoms with Crippen molar-refractivity contribution >= 4 is 0 Å².